The van der Waals surface area contributed by atoms with Gasteiger partial charge in [-0.2, -0.15) is 0 Å². The Bertz CT molecular complexity index is 1220. The van der Waals surface area contributed by atoms with Gasteiger partial charge in [-0.3, -0.25) is 14.9 Å². The fraction of sp³-hybridized carbons (Fsp3) is 0. The number of nitro groups is 1. The molecule has 1 fully saturated rings. The average molecular weight is 460 g/mol. The predicted octanol–water partition coefficient (Wildman–Crippen LogP) is 6.05. The number of furan rings is 1. The summed E-state index contributed by atoms with van der Waals surface area (Å²) in [5.41, 5.74) is 1.14. The molecule has 7 nitrogen and oxygen atoms in total. The lowest BCUT2D eigenvalue weighted by Crippen LogP contribution is -2.19. The van der Waals surface area contributed by atoms with E-state index in [0.29, 0.717) is 42.9 Å². The fourth-order valence-electron chi connectivity index (χ4n) is 2.63. The number of amidine groups is 1. The number of non-ortho nitro benzene ring substituents is 1. The number of carbonyl (C=O) groups excluding carboxylic acids is 1. The molecular formula is C20H11Cl2N3O4S. The monoisotopic (exact) mass is 459 g/mol. The molecule has 2 aromatic carbocycles. The van der Waals surface area contributed by atoms with Gasteiger partial charge in [0.1, 0.15) is 11.5 Å². The summed E-state index contributed by atoms with van der Waals surface area (Å²) in [6.07, 6.45) is 1.59. The van der Waals surface area contributed by atoms with Gasteiger partial charge in [0.15, 0.2) is 5.17 Å². The molecule has 1 aliphatic heterocycles. The standard InChI is InChI=1S/C20H11Cl2N3O4S/c21-14-2-1-3-15(18(14)22)23-20-24-19(26)17(30-20)10-13-8-9-16(29-13)11-4-6-12(7-5-11)25(27)28/h1-10H,(H,23,24,26)/b17-10+. The number of aliphatic imine (C=N–C) groups is 1. The highest BCUT2D eigenvalue weighted by Crippen LogP contribution is 2.35. The molecule has 1 amide bonds. The van der Waals surface area contributed by atoms with E-state index in [9.17, 15) is 14.9 Å². The second-order valence-electron chi connectivity index (χ2n) is 6.06. The number of hydrogen-bond acceptors (Lipinski definition) is 6. The number of amides is 1. The van der Waals surface area contributed by atoms with Crippen LogP contribution in [0.2, 0.25) is 10.0 Å². The van der Waals surface area contributed by atoms with Crippen molar-refractivity contribution in [2.75, 3.05) is 0 Å². The number of nitro benzene ring substituents is 1. The minimum atomic E-state index is -0.465. The maximum absolute atomic E-state index is 12.3. The summed E-state index contributed by atoms with van der Waals surface area (Å²) in [5.74, 6) is 0.674. The summed E-state index contributed by atoms with van der Waals surface area (Å²) >= 11 is 13.3. The van der Waals surface area contributed by atoms with Gasteiger partial charge in [0, 0.05) is 23.8 Å². The molecule has 1 aromatic heterocycles. The van der Waals surface area contributed by atoms with Crippen LogP contribution >= 0.6 is 35.0 Å². The van der Waals surface area contributed by atoms with Crippen LogP contribution in [0.15, 0.2) is 68.9 Å². The van der Waals surface area contributed by atoms with Gasteiger partial charge in [-0.05, 0) is 48.2 Å². The van der Waals surface area contributed by atoms with Gasteiger partial charge in [-0.15, -0.1) is 0 Å². The number of rotatable bonds is 4. The summed E-state index contributed by atoms with van der Waals surface area (Å²) in [4.78, 5) is 27.3. The summed E-state index contributed by atoms with van der Waals surface area (Å²) in [5, 5.41) is 14.5. The summed E-state index contributed by atoms with van der Waals surface area (Å²) < 4.78 is 5.75. The number of benzene rings is 2. The van der Waals surface area contributed by atoms with Crippen LogP contribution in [0.1, 0.15) is 5.76 Å². The first-order valence-electron chi connectivity index (χ1n) is 8.49. The molecule has 2 heterocycles. The van der Waals surface area contributed by atoms with Crippen molar-refractivity contribution in [3.8, 4) is 11.3 Å². The molecule has 1 saturated heterocycles. The normalized spacial score (nSPS) is 16.3. The number of nitrogens with zero attached hydrogens (tertiary/aromatic N) is 2. The molecule has 4 rings (SSSR count). The zero-order chi connectivity index (χ0) is 21.3. The van der Waals surface area contributed by atoms with Crippen molar-refractivity contribution in [3.63, 3.8) is 0 Å². The Balaban J connectivity index is 1.54. The molecular weight excluding hydrogens is 449 g/mol. The Kier molecular flexibility index (Phi) is 5.63. The predicted molar refractivity (Wildman–Crippen MR) is 118 cm³/mol. The minimum absolute atomic E-state index is 0.00158. The van der Waals surface area contributed by atoms with E-state index in [1.54, 1.807) is 48.5 Å². The van der Waals surface area contributed by atoms with E-state index in [1.807, 2.05) is 0 Å². The zero-order valence-electron chi connectivity index (χ0n) is 15.0. The maximum atomic E-state index is 12.3. The lowest BCUT2D eigenvalue weighted by Gasteiger charge is -2.00. The van der Waals surface area contributed by atoms with Crippen molar-refractivity contribution in [1.29, 1.82) is 0 Å². The van der Waals surface area contributed by atoms with E-state index in [-0.39, 0.29) is 11.6 Å². The van der Waals surface area contributed by atoms with Crippen LogP contribution in [0.4, 0.5) is 11.4 Å². The summed E-state index contributed by atoms with van der Waals surface area (Å²) in [6.45, 7) is 0. The van der Waals surface area contributed by atoms with Crippen LogP contribution in [0.25, 0.3) is 17.4 Å². The molecule has 0 saturated carbocycles. The smallest absolute Gasteiger partial charge is 0.269 e. The van der Waals surface area contributed by atoms with Crippen molar-refractivity contribution in [2.24, 2.45) is 4.99 Å². The minimum Gasteiger partial charge on any atom is -0.457 e. The van der Waals surface area contributed by atoms with Crippen LogP contribution in [-0.2, 0) is 4.79 Å². The second-order valence-corrected chi connectivity index (χ2v) is 7.88. The molecule has 10 heteroatoms. The Morgan fingerprint density at radius 2 is 1.87 bits per heavy atom. The summed E-state index contributed by atoms with van der Waals surface area (Å²) in [6, 6.07) is 14.5. The average Bonchev–Trinajstić information content (AvgIpc) is 3.32. The van der Waals surface area contributed by atoms with E-state index in [1.165, 1.54) is 12.1 Å². The Morgan fingerprint density at radius 3 is 2.60 bits per heavy atom. The van der Waals surface area contributed by atoms with Crippen LogP contribution in [0.5, 0.6) is 0 Å². The van der Waals surface area contributed by atoms with Gasteiger partial charge in [0.05, 0.1) is 25.6 Å². The number of nitrogens with one attached hydrogen (secondary N) is 1. The fourth-order valence-corrected chi connectivity index (χ4v) is 3.78. The number of thioether (sulfide) groups is 1. The lowest BCUT2D eigenvalue weighted by atomic mass is 10.1. The third-order valence-corrected chi connectivity index (χ3v) is 5.79. The third-order valence-electron chi connectivity index (χ3n) is 4.07. The van der Waals surface area contributed by atoms with Gasteiger partial charge in [-0.1, -0.05) is 29.3 Å². The Labute approximate surface area is 184 Å². The Hall–Kier alpha value is -3.07. The van der Waals surface area contributed by atoms with Crippen LogP contribution < -0.4 is 5.32 Å². The molecule has 0 aliphatic carbocycles. The Morgan fingerprint density at radius 1 is 1.10 bits per heavy atom. The molecule has 3 aromatic rings. The second kappa shape index (κ2) is 8.35. The third kappa shape index (κ3) is 4.25. The van der Waals surface area contributed by atoms with Crippen LogP contribution in [-0.4, -0.2) is 16.0 Å². The van der Waals surface area contributed by atoms with Crippen LogP contribution in [0.3, 0.4) is 0 Å². The van der Waals surface area contributed by atoms with Gasteiger partial charge >= 0.3 is 0 Å². The van der Waals surface area contributed by atoms with Crippen molar-refractivity contribution < 1.29 is 14.1 Å². The van der Waals surface area contributed by atoms with Crippen LogP contribution in [0, 0.1) is 10.1 Å². The van der Waals surface area contributed by atoms with E-state index < -0.39 is 4.92 Å². The van der Waals surface area contributed by atoms with E-state index in [4.69, 9.17) is 27.6 Å². The first-order valence-corrected chi connectivity index (χ1v) is 10.1. The first-order chi connectivity index (χ1) is 14.4. The van der Waals surface area contributed by atoms with Gasteiger partial charge < -0.3 is 9.73 Å². The molecule has 1 aliphatic rings. The number of halogens is 2. The highest BCUT2D eigenvalue weighted by atomic mass is 35.5. The molecule has 0 spiro atoms. The molecule has 150 valence electrons. The first kappa shape index (κ1) is 20.2. The van der Waals surface area contributed by atoms with E-state index in [0.717, 1.165) is 11.8 Å². The maximum Gasteiger partial charge on any atom is 0.269 e. The zero-order valence-corrected chi connectivity index (χ0v) is 17.3. The van der Waals surface area contributed by atoms with Crippen molar-refractivity contribution in [3.05, 3.63) is 85.4 Å². The molecule has 0 radical (unpaired) electrons. The largest absolute Gasteiger partial charge is 0.457 e. The molecule has 0 bridgehead atoms. The molecule has 0 atom stereocenters. The SMILES string of the molecule is O=C1NC(=Nc2cccc(Cl)c2Cl)S/C1=C/c1ccc(-c2ccc([N+](=O)[O-])cc2)o1. The topological polar surface area (TPSA) is 97.7 Å². The molecule has 30 heavy (non-hydrogen) atoms. The number of hydrogen-bond donors (Lipinski definition) is 1. The number of carbonyl (C=O) groups is 1. The van der Waals surface area contributed by atoms with Gasteiger partial charge in [0.2, 0.25) is 0 Å². The van der Waals surface area contributed by atoms with E-state index >= 15 is 0 Å². The van der Waals surface area contributed by atoms with Gasteiger partial charge in [-0.25, -0.2) is 4.99 Å². The highest BCUT2D eigenvalue weighted by molar-refractivity contribution is 8.18. The van der Waals surface area contributed by atoms with Crippen molar-refractivity contribution >= 4 is 63.5 Å². The quantitative estimate of drug-likeness (QED) is 0.290. The molecule has 1 N–H and O–H groups in total. The van der Waals surface area contributed by atoms with Crippen molar-refractivity contribution in [1.82, 2.24) is 5.32 Å². The molecule has 0 unspecified atom stereocenters. The van der Waals surface area contributed by atoms with E-state index in [2.05, 4.69) is 10.3 Å². The van der Waals surface area contributed by atoms with Crippen molar-refractivity contribution in [2.45, 2.75) is 0 Å². The lowest BCUT2D eigenvalue weighted by molar-refractivity contribution is -0.384. The highest BCUT2D eigenvalue weighted by Gasteiger charge is 2.24. The van der Waals surface area contributed by atoms with Gasteiger partial charge in [0.25, 0.3) is 11.6 Å². The summed E-state index contributed by atoms with van der Waals surface area (Å²) in [7, 11) is 0.